The largest absolute Gasteiger partial charge is 0.457 e. The Bertz CT molecular complexity index is 1270. The van der Waals surface area contributed by atoms with Crippen molar-refractivity contribution in [1.29, 1.82) is 0 Å². The van der Waals surface area contributed by atoms with E-state index in [0.29, 0.717) is 17.8 Å². The lowest BCUT2D eigenvalue weighted by Gasteiger charge is -2.39. The zero-order chi connectivity index (χ0) is 23.6. The molecular weight excluding hydrogens is 436 g/mol. The molecule has 1 aliphatic heterocycles. The van der Waals surface area contributed by atoms with Gasteiger partial charge in [-0.25, -0.2) is 9.50 Å². The van der Waals surface area contributed by atoms with Crippen molar-refractivity contribution >= 4 is 11.3 Å². The van der Waals surface area contributed by atoms with Crippen LogP contribution < -0.4 is 15.8 Å². The van der Waals surface area contributed by atoms with Gasteiger partial charge >= 0.3 is 0 Å². The van der Waals surface area contributed by atoms with Crippen LogP contribution in [0.2, 0.25) is 0 Å². The summed E-state index contributed by atoms with van der Waals surface area (Å²) in [6, 6.07) is 21.0. The average Bonchev–Trinajstić information content (AvgIpc) is 3.31. The highest BCUT2D eigenvalue weighted by Crippen LogP contribution is 2.40. The summed E-state index contributed by atoms with van der Waals surface area (Å²) in [5.74, 6) is 2.62. The van der Waals surface area contributed by atoms with Gasteiger partial charge in [0.15, 0.2) is 5.82 Å². The Kier molecular flexibility index (Phi) is 6.10. The molecule has 2 aromatic heterocycles. The van der Waals surface area contributed by atoms with E-state index in [1.54, 1.807) is 6.33 Å². The number of rotatable bonds is 5. The van der Waals surface area contributed by atoms with Gasteiger partial charge in [0.2, 0.25) is 0 Å². The molecule has 7 nitrogen and oxygen atoms in total. The molecule has 0 spiro atoms. The summed E-state index contributed by atoms with van der Waals surface area (Å²) < 4.78 is 8.01. The number of benzene rings is 2. The predicted octanol–water partition coefficient (Wildman–Crippen LogP) is 4.70. The van der Waals surface area contributed by atoms with Crippen molar-refractivity contribution in [3.63, 3.8) is 0 Å². The molecule has 3 heterocycles. The second-order valence-corrected chi connectivity index (χ2v) is 9.62. The Morgan fingerprint density at radius 3 is 2.34 bits per heavy atom. The van der Waals surface area contributed by atoms with E-state index in [4.69, 9.17) is 10.5 Å². The molecule has 4 aromatic rings. The van der Waals surface area contributed by atoms with Crippen molar-refractivity contribution in [3.8, 4) is 22.6 Å². The summed E-state index contributed by atoms with van der Waals surface area (Å²) in [7, 11) is 0. The fraction of sp³-hybridized carbons (Fsp3) is 0.357. The van der Waals surface area contributed by atoms with E-state index in [9.17, 15) is 0 Å². The van der Waals surface area contributed by atoms with Gasteiger partial charge in [-0.05, 0) is 61.6 Å². The molecule has 1 saturated heterocycles. The van der Waals surface area contributed by atoms with Crippen LogP contribution in [0.1, 0.15) is 37.3 Å². The zero-order valence-corrected chi connectivity index (χ0v) is 19.9. The standard InChI is InChI=1S/C28H32N6O/c29-28-27-25(20-8-12-24(13-9-20)35-23-4-2-1-3-5-23)18-26(34(27)32-19-31-28)21-6-10-22(11-7-21)33-16-14-30-15-17-33/h1-5,8-9,12-13,18-19,21-22,30H,6-7,10-11,14-17H2,(H2,29,31,32)/t21-,22+. The summed E-state index contributed by atoms with van der Waals surface area (Å²) >= 11 is 0. The number of nitrogens with one attached hydrogen (secondary N) is 1. The fourth-order valence-electron chi connectivity index (χ4n) is 5.71. The van der Waals surface area contributed by atoms with Crippen molar-refractivity contribution in [2.24, 2.45) is 0 Å². The van der Waals surface area contributed by atoms with E-state index in [2.05, 4.69) is 38.5 Å². The summed E-state index contributed by atoms with van der Waals surface area (Å²) in [5, 5.41) is 8.10. The first-order valence-corrected chi connectivity index (χ1v) is 12.7. The van der Waals surface area contributed by atoms with Gasteiger partial charge in [-0.15, -0.1) is 0 Å². The summed E-state index contributed by atoms with van der Waals surface area (Å²) in [6.07, 6.45) is 6.39. The molecule has 0 unspecified atom stereocenters. The molecule has 0 amide bonds. The minimum absolute atomic E-state index is 0.477. The molecule has 1 saturated carbocycles. The first-order chi connectivity index (χ1) is 17.3. The smallest absolute Gasteiger partial charge is 0.151 e. The van der Waals surface area contributed by atoms with E-state index in [1.165, 1.54) is 44.5 Å². The summed E-state index contributed by atoms with van der Waals surface area (Å²) in [4.78, 5) is 6.98. The Balaban J connectivity index is 1.26. The molecule has 0 radical (unpaired) electrons. The van der Waals surface area contributed by atoms with E-state index >= 15 is 0 Å². The minimum Gasteiger partial charge on any atom is -0.457 e. The highest BCUT2D eigenvalue weighted by Gasteiger charge is 2.30. The molecule has 2 fully saturated rings. The highest BCUT2D eigenvalue weighted by molar-refractivity contribution is 5.88. The molecule has 3 N–H and O–H groups in total. The van der Waals surface area contributed by atoms with Gasteiger partial charge in [0.25, 0.3) is 0 Å². The van der Waals surface area contributed by atoms with E-state index in [1.807, 2.05) is 47.0 Å². The quantitative estimate of drug-likeness (QED) is 0.442. The number of hydrogen-bond donors (Lipinski definition) is 2. The molecule has 2 aliphatic rings. The van der Waals surface area contributed by atoms with Crippen molar-refractivity contribution in [2.75, 3.05) is 31.9 Å². The maximum Gasteiger partial charge on any atom is 0.151 e. The van der Waals surface area contributed by atoms with Crippen molar-refractivity contribution in [2.45, 2.75) is 37.6 Å². The number of fused-ring (bicyclic) bond motifs is 1. The maximum absolute atomic E-state index is 6.38. The molecule has 180 valence electrons. The maximum atomic E-state index is 6.38. The third-order valence-electron chi connectivity index (χ3n) is 7.54. The van der Waals surface area contributed by atoms with Crippen LogP contribution in [0.4, 0.5) is 5.82 Å². The fourth-order valence-corrected chi connectivity index (χ4v) is 5.71. The third kappa shape index (κ3) is 4.49. The van der Waals surface area contributed by atoms with Crippen LogP contribution in [0.5, 0.6) is 11.5 Å². The number of nitrogen functional groups attached to an aromatic ring is 1. The Morgan fingerprint density at radius 2 is 1.60 bits per heavy atom. The normalized spacial score (nSPS) is 21.3. The number of ether oxygens (including phenoxy) is 1. The van der Waals surface area contributed by atoms with Crippen molar-refractivity contribution in [1.82, 2.24) is 24.8 Å². The lowest BCUT2D eigenvalue weighted by Crippen LogP contribution is -2.49. The number of nitrogens with zero attached hydrogens (tertiary/aromatic N) is 4. The Labute approximate surface area is 205 Å². The molecular formula is C28H32N6O. The van der Waals surface area contributed by atoms with Crippen LogP contribution in [0.25, 0.3) is 16.6 Å². The highest BCUT2D eigenvalue weighted by atomic mass is 16.5. The molecule has 1 aliphatic carbocycles. The van der Waals surface area contributed by atoms with Gasteiger partial charge < -0.3 is 15.8 Å². The number of para-hydroxylation sites is 1. The van der Waals surface area contributed by atoms with E-state index in [-0.39, 0.29) is 0 Å². The number of aromatic nitrogens is 3. The average molecular weight is 469 g/mol. The number of hydrogen-bond acceptors (Lipinski definition) is 6. The summed E-state index contributed by atoms with van der Waals surface area (Å²) in [6.45, 7) is 4.55. The van der Waals surface area contributed by atoms with E-state index < -0.39 is 0 Å². The molecule has 6 rings (SSSR count). The monoisotopic (exact) mass is 468 g/mol. The van der Waals surface area contributed by atoms with Gasteiger partial charge in [-0.2, -0.15) is 5.10 Å². The van der Waals surface area contributed by atoms with Crippen LogP contribution in [0, 0.1) is 0 Å². The molecule has 7 heteroatoms. The van der Waals surface area contributed by atoms with Crippen LogP contribution in [-0.2, 0) is 0 Å². The minimum atomic E-state index is 0.477. The van der Waals surface area contributed by atoms with Crippen LogP contribution in [0.3, 0.4) is 0 Å². The molecule has 0 atom stereocenters. The Hall–Kier alpha value is -3.42. The number of nitrogens with two attached hydrogens (primary N) is 1. The van der Waals surface area contributed by atoms with Gasteiger partial charge in [0.1, 0.15) is 23.3 Å². The van der Waals surface area contributed by atoms with Crippen molar-refractivity contribution in [3.05, 3.63) is 72.7 Å². The van der Waals surface area contributed by atoms with Gasteiger partial charge in [0, 0.05) is 49.4 Å². The molecule has 2 aromatic carbocycles. The van der Waals surface area contributed by atoms with Gasteiger partial charge in [0.05, 0.1) is 0 Å². The van der Waals surface area contributed by atoms with Gasteiger partial charge in [-0.3, -0.25) is 4.90 Å². The topological polar surface area (TPSA) is 80.7 Å². The zero-order valence-electron chi connectivity index (χ0n) is 19.9. The number of piperazine rings is 1. The lowest BCUT2D eigenvalue weighted by atomic mass is 9.83. The second-order valence-electron chi connectivity index (χ2n) is 9.62. The van der Waals surface area contributed by atoms with E-state index in [0.717, 1.165) is 41.2 Å². The lowest BCUT2D eigenvalue weighted by molar-refractivity contribution is 0.132. The summed E-state index contributed by atoms with van der Waals surface area (Å²) in [5.41, 5.74) is 10.7. The predicted molar refractivity (Wildman–Crippen MR) is 139 cm³/mol. The first-order valence-electron chi connectivity index (χ1n) is 12.7. The van der Waals surface area contributed by atoms with Crippen LogP contribution in [0.15, 0.2) is 67.0 Å². The van der Waals surface area contributed by atoms with Crippen LogP contribution in [-0.4, -0.2) is 51.7 Å². The SMILES string of the molecule is Nc1ncnn2c1c(-c1ccc(Oc3ccccc3)cc1)cc2[C@H]1CC[C@@H](N2CCNCC2)CC1. The molecule has 0 bridgehead atoms. The third-order valence-corrected chi connectivity index (χ3v) is 7.54. The van der Waals surface area contributed by atoms with Crippen molar-refractivity contribution < 1.29 is 4.74 Å². The first kappa shape index (κ1) is 22.1. The Morgan fingerprint density at radius 1 is 0.886 bits per heavy atom. The number of anilines is 1. The second kappa shape index (κ2) is 9.68. The van der Waals surface area contributed by atoms with Crippen LogP contribution >= 0.6 is 0 Å². The van der Waals surface area contributed by atoms with Gasteiger partial charge in [-0.1, -0.05) is 30.3 Å². The molecule has 35 heavy (non-hydrogen) atoms.